The molecule has 6 heteroatoms. The molecule has 0 spiro atoms. The van der Waals surface area contributed by atoms with Gasteiger partial charge in [-0.1, -0.05) is 26.7 Å². The van der Waals surface area contributed by atoms with Gasteiger partial charge in [-0.2, -0.15) is 0 Å². The molecule has 1 atom stereocenters. The van der Waals surface area contributed by atoms with Gasteiger partial charge in [0.15, 0.2) is 0 Å². The molecule has 1 amide bonds. The number of morpholine rings is 1. The van der Waals surface area contributed by atoms with E-state index >= 15 is 0 Å². The van der Waals surface area contributed by atoms with Gasteiger partial charge in [0.05, 0.1) is 13.2 Å². The van der Waals surface area contributed by atoms with E-state index < -0.39 is 17.5 Å². The maximum Gasteiger partial charge on any atom is 0.251 e. The first kappa shape index (κ1) is 18.8. The SMILES string of the molecule is CCC(CC)C(CNC(=O)c1cc(F)cc(F)c1)N1CCOCC1. The third kappa shape index (κ3) is 4.98. The van der Waals surface area contributed by atoms with Crippen LogP contribution in [0.15, 0.2) is 18.2 Å². The van der Waals surface area contributed by atoms with Crippen molar-refractivity contribution in [2.24, 2.45) is 5.92 Å². The van der Waals surface area contributed by atoms with Crippen LogP contribution in [0.3, 0.4) is 0 Å². The van der Waals surface area contributed by atoms with Gasteiger partial charge in [0, 0.05) is 37.3 Å². The normalized spacial score (nSPS) is 17.0. The summed E-state index contributed by atoms with van der Waals surface area (Å²) in [7, 11) is 0. The molecule has 1 aliphatic heterocycles. The van der Waals surface area contributed by atoms with Gasteiger partial charge in [-0.25, -0.2) is 8.78 Å². The molecule has 0 bridgehead atoms. The number of carbonyl (C=O) groups is 1. The minimum Gasteiger partial charge on any atom is -0.379 e. The lowest BCUT2D eigenvalue weighted by Gasteiger charge is -2.38. The molecule has 1 aliphatic rings. The summed E-state index contributed by atoms with van der Waals surface area (Å²) >= 11 is 0. The zero-order valence-corrected chi connectivity index (χ0v) is 14.4. The van der Waals surface area contributed by atoms with E-state index in [9.17, 15) is 13.6 Å². The minimum atomic E-state index is -0.745. The van der Waals surface area contributed by atoms with E-state index in [0.717, 1.165) is 44.1 Å². The molecule has 0 saturated carbocycles. The predicted molar refractivity (Wildman–Crippen MR) is 88.9 cm³/mol. The number of halogens is 2. The summed E-state index contributed by atoms with van der Waals surface area (Å²) in [5.74, 6) is -1.49. The summed E-state index contributed by atoms with van der Waals surface area (Å²) in [5, 5.41) is 2.85. The molecule has 1 unspecified atom stereocenters. The fourth-order valence-electron chi connectivity index (χ4n) is 3.32. The summed E-state index contributed by atoms with van der Waals surface area (Å²) in [4.78, 5) is 14.6. The third-order valence-corrected chi connectivity index (χ3v) is 4.70. The number of amides is 1. The maximum atomic E-state index is 13.3. The van der Waals surface area contributed by atoms with Crippen molar-refractivity contribution in [1.29, 1.82) is 0 Å². The summed E-state index contributed by atoms with van der Waals surface area (Å²) in [6.45, 7) is 7.82. The van der Waals surface area contributed by atoms with Gasteiger partial charge in [0.2, 0.25) is 0 Å². The van der Waals surface area contributed by atoms with Crippen LogP contribution in [-0.2, 0) is 4.74 Å². The second-order valence-corrected chi connectivity index (χ2v) is 6.16. The lowest BCUT2D eigenvalue weighted by atomic mass is 9.92. The van der Waals surface area contributed by atoms with Crippen LogP contribution in [0.25, 0.3) is 0 Å². The average Bonchev–Trinajstić information content (AvgIpc) is 2.58. The number of nitrogens with one attached hydrogen (secondary N) is 1. The summed E-state index contributed by atoms with van der Waals surface area (Å²) in [6.07, 6.45) is 2.03. The van der Waals surface area contributed by atoms with Crippen molar-refractivity contribution in [3.63, 3.8) is 0 Å². The van der Waals surface area contributed by atoms with E-state index in [0.29, 0.717) is 25.7 Å². The minimum absolute atomic E-state index is 0.0118. The second-order valence-electron chi connectivity index (χ2n) is 6.16. The second kappa shape index (κ2) is 9.08. The number of benzene rings is 1. The summed E-state index contributed by atoms with van der Waals surface area (Å²) in [5.41, 5.74) is 0.0118. The number of rotatable bonds is 7. The number of nitrogens with zero attached hydrogens (tertiary/aromatic N) is 1. The molecule has 1 N–H and O–H groups in total. The fourth-order valence-corrected chi connectivity index (χ4v) is 3.32. The topological polar surface area (TPSA) is 41.6 Å². The highest BCUT2D eigenvalue weighted by Crippen LogP contribution is 2.20. The summed E-state index contributed by atoms with van der Waals surface area (Å²) < 4.78 is 32.0. The Hall–Kier alpha value is -1.53. The number of carbonyl (C=O) groups excluding carboxylic acids is 1. The molecule has 1 saturated heterocycles. The van der Waals surface area contributed by atoms with E-state index in [-0.39, 0.29) is 11.6 Å². The Balaban J connectivity index is 2.04. The van der Waals surface area contributed by atoms with Gasteiger partial charge in [-0.15, -0.1) is 0 Å². The Kier molecular flexibility index (Phi) is 7.12. The molecule has 24 heavy (non-hydrogen) atoms. The van der Waals surface area contributed by atoms with Crippen molar-refractivity contribution >= 4 is 5.91 Å². The maximum absolute atomic E-state index is 13.3. The zero-order chi connectivity index (χ0) is 17.5. The van der Waals surface area contributed by atoms with Crippen molar-refractivity contribution in [2.75, 3.05) is 32.8 Å². The molecule has 1 aromatic rings. The van der Waals surface area contributed by atoms with Crippen LogP contribution in [0.4, 0.5) is 8.78 Å². The van der Waals surface area contributed by atoms with Crippen molar-refractivity contribution < 1.29 is 18.3 Å². The average molecular weight is 340 g/mol. The number of ether oxygens (including phenoxy) is 1. The largest absolute Gasteiger partial charge is 0.379 e. The first-order valence-corrected chi connectivity index (χ1v) is 8.61. The van der Waals surface area contributed by atoms with Gasteiger partial charge >= 0.3 is 0 Å². The Bertz CT molecular complexity index is 524. The van der Waals surface area contributed by atoms with E-state index in [1.165, 1.54) is 0 Å². The van der Waals surface area contributed by atoms with Crippen molar-refractivity contribution in [2.45, 2.75) is 32.7 Å². The highest BCUT2D eigenvalue weighted by atomic mass is 19.1. The summed E-state index contributed by atoms with van der Waals surface area (Å²) in [6, 6.07) is 3.07. The van der Waals surface area contributed by atoms with Crippen LogP contribution < -0.4 is 5.32 Å². The molecule has 1 aromatic carbocycles. The quantitative estimate of drug-likeness (QED) is 0.830. The van der Waals surface area contributed by atoms with E-state index in [4.69, 9.17) is 4.74 Å². The van der Waals surface area contributed by atoms with Crippen LogP contribution in [0.5, 0.6) is 0 Å². The molecule has 0 aliphatic carbocycles. The van der Waals surface area contributed by atoms with Gasteiger partial charge in [0.1, 0.15) is 11.6 Å². The van der Waals surface area contributed by atoms with E-state index in [2.05, 4.69) is 24.1 Å². The molecule has 0 aromatic heterocycles. The first-order chi connectivity index (χ1) is 11.5. The van der Waals surface area contributed by atoms with Crippen LogP contribution in [0.1, 0.15) is 37.0 Å². The van der Waals surface area contributed by atoms with Crippen LogP contribution in [0.2, 0.25) is 0 Å². The van der Waals surface area contributed by atoms with Crippen LogP contribution in [0, 0.1) is 17.6 Å². The van der Waals surface area contributed by atoms with Gasteiger partial charge in [-0.3, -0.25) is 9.69 Å². The Morgan fingerprint density at radius 1 is 1.17 bits per heavy atom. The van der Waals surface area contributed by atoms with Gasteiger partial charge < -0.3 is 10.1 Å². The molecule has 1 heterocycles. The Morgan fingerprint density at radius 2 is 1.75 bits per heavy atom. The van der Waals surface area contributed by atoms with Crippen molar-refractivity contribution in [3.05, 3.63) is 35.4 Å². The zero-order valence-electron chi connectivity index (χ0n) is 14.4. The van der Waals surface area contributed by atoms with Gasteiger partial charge in [0.25, 0.3) is 5.91 Å². The molecule has 1 fully saturated rings. The lowest BCUT2D eigenvalue weighted by molar-refractivity contribution is 0.00191. The fraction of sp³-hybridized carbons (Fsp3) is 0.611. The van der Waals surface area contributed by atoms with Crippen LogP contribution >= 0.6 is 0 Å². The molecular formula is C18H26F2N2O2. The molecular weight excluding hydrogens is 314 g/mol. The van der Waals surface area contributed by atoms with Crippen molar-refractivity contribution in [1.82, 2.24) is 10.2 Å². The standard InChI is InChI=1S/C18H26F2N2O2/c1-3-13(4-2)17(22-5-7-24-8-6-22)12-21-18(23)14-9-15(19)11-16(20)10-14/h9-11,13,17H,3-8,12H2,1-2H3,(H,21,23). The van der Waals surface area contributed by atoms with Crippen molar-refractivity contribution in [3.8, 4) is 0 Å². The predicted octanol–water partition coefficient (Wildman–Crippen LogP) is 2.83. The molecule has 0 radical (unpaired) electrons. The van der Waals surface area contributed by atoms with Gasteiger partial charge in [-0.05, 0) is 18.1 Å². The Labute approximate surface area is 142 Å². The smallest absolute Gasteiger partial charge is 0.251 e. The molecule has 4 nitrogen and oxygen atoms in total. The first-order valence-electron chi connectivity index (χ1n) is 8.61. The van der Waals surface area contributed by atoms with E-state index in [1.807, 2.05) is 0 Å². The van der Waals surface area contributed by atoms with E-state index in [1.54, 1.807) is 0 Å². The third-order valence-electron chi connectivity index (χ3n) is 4.70. The molecule has 134 valence electrons. The Morgan fingerprint density at radius 3 is 2.29 bits per heavy atom. The number of hydrogen-bond acceptors (Lipinski definition) is 3. The highest BCUT2D eigenvalue weighted by Gasteiger charge is 2.27. The lowest BCUT2D eigenvalue weighted by Crippen LogP contribution is -2.52. The number of hydrogen-bond donors (Lipinski definition) is 1. The highest BCUT2D eigenvalue weighted by molar-refractivity contribution is 5.94. The monoisotopic (exact) mass is 340 g/mol. The van der Waals surface area contributed by atoms with Crippen LogP contribution in [-0.4, -0.2) is 49.7 Å². The molecule has 2 rings (SSSR count).